The molecule has 0 rings (SSSR count). The van der Waals surface area contributed by atoms with Gasteiger partial charge in [-0.3, -0.25) is 4.79 Å². The molecule has 0 aromatic carbocycles. The number of unbranched alkanes of at least 4 members (excludes halogenated alkanes) is 9. The maximum atomic E-state index is 10.3. The maximum absolute atomic E-state index is 10.3. The first kappa shape index (κ1) is 20.7. The summed E-state index contributed by atoms with van der Waals surface area (Å²) in [4.78, 5) is 10.3. The molecule has 0 aliphatic rings. The molecule has 4 heteroatoms. The van der Waals surface area contributed by atoms with E-state index in [1.165, 1.54) is 76.0 Å². The third-order valence-corrected chi connectivity index (χ3v) is 3.90. The van der Waals surface area contributed by atoms with Crippen LogP contribution in [-0.4, -0.2) is 22.6 Å². The van der Waals surface area contributed by atoms with Crippen molar-refractivity contribution in [1.82, 2.24) is 0 Å². The van der Waals surface area contributed by atoms with Gasteiger partial charge in [-0.1, -0.05) is 64.7 Å². The SMILES string of the molecule is CCCCCCCCCCCCSCC(=O)O.[Cu]. The van der Waals surface area contributed by atoms with Crippen molar-refractivity contribution in [2.45, 2.75) is 71.1 Å². The molecule has 1 radical (unpaired) electrons. The van der Waals surface area contributed by atoms with E-state index in [1.807, 2.05) is 0 Å². The molecule has 1 N–H and O–H groups in total. The molecule has 0 unspecified atom stereocenters. The largest absolute Gasteiger partial charge is 0.481 e. The average Bonchev–Trinajstić information content (AvgIpc) is 2.30. The summed E-state index contributed by atoms with van der Waals surface area (Å²) < 4.78 is 0. The van der Waals surface area contributed by atoms with E-state index in [0.717, 1.165) is 5.75 Å². The van der Waals surface area contributed by atoms with E-state index in [-0.39, 0.29) is 22.8 Å². The number of carboxylic acid groups (broad SMARTS) is 1. The summed E-state index contributed by atoms with van der Waals surface area (Å²) in [6.07, 6.45) is 13.4. The Kier molecular flexibility index (Phi) is 19.9. The van der Waals surface area contributed by atoms with E-state index in [9.17, 15) is 4.79 Å². The Labute approximate surface area is 127 Å². The van der Waals surface area contributed by atoms with E-state index < -0.39 is 5.97 Å². The van der Waals surface area contributed by atoms with E-state index in [2.05, 4.69) is 6.92 Å². The predicted molar refractivity (Wildman–Crippen MR) is 76.8 cm³/mol. The molecule has 0 aliphatic heterocycles. The monoisotopic (exact) mass is 323 g/mol. The second-order valence-corrected chi connectivity index (χ2v) is 5.73. The van der Waals surface area contributed by atoms with Crippen LogP contribution in [0.3, 0.4) is 0 Å². The number of carbonyl (C=O) groups is 1. The normalized spacial score (nSPS) is 10.1. The Balaban J connectivity index is 0. The number of carboxylic acids is 1. The third kappa shape index (κ3) is 18.7. The first-order chi connectivity index (χ1) is 8.27. The van der Waals surface area contributed by atoms with Gasteiger partial charge in [0.1, 0.15) is 0 Å². The van der Waals surface area contributed by atoms with Gasteiger partial charge in [0.25, 0.3) is 0 Å². The van der Waals surface area contributed by atoms with Crippen LogP contribution in [0.15, 0.2) is 0 Å². The molecule has 0 atom stereocenters. The molecule has 0 aromatic rings. The van der Waals surface area contributed by atoms with Crippen molar-refractivity contribution >= 4 is 17.7 Å². The van der Waals surface area contributed by atoms with Gasteiger partial charge in [0, 0.05) is 17.1 Å². The van der Waals surface area contributed by atoms with Crippen molar-refractivity contribution in [3.8, 4) is 0 Å². The Bertz CT molecular complexity index is 177. The third-order valence-electron chi connectivity index (χ3n) is 2.87. The van der Waals surface area contributed by atoms with Gasteiger partial charge in [-0.25, -0.2) is 0 Å². The van der Waals surface area contributed by atoms with Gasteiger partial charge in [-0.2, -0.15) is 11.8 Å². The van der Waals surface area contributed by atoms with Crippen molar-refractivity contribution in [2.24, 2.45) is 0 Å². The minimum Gasteiger partial charge on any atom is -0.481 e. The second kappa shape index (κ2) is 17.3. The summed E-state index contributed by atoms with van der Waals surface area (Å²) >= 11 is 1.54. The molecule has 0 fully saturated rings. The van der Waals surface area contributed by atoms with E-state index in [4.69, 9.17) is 5.11 Å². The number of rotatable bonds is 13. The van der Waals surface area contributed by atoms with Gasteiger partial charge >= 0.3 is 5.97 Å². The average molecular weight is 324 g/mol. The zero-order valence-corrected chi connectivity index (χ0v) is 13.3. The Hall–Kier alpha value is 0.339. The molecule has 0 amide bonds. The smallest absolute Gasteiger partial charge is 0.313 e. The van der Waals surface area contributed by atoms with Gasteiger partial charge in [0.05, 0.1) is 5.75 Å². The molecule has 0 saturated carbocycles. The van der Waals surface area contributed by atoms with Crippen LogP contribution in [0.2, 0.25) is 0 Å². The molecule has 113 valence electrons. The summed E-state index contributed by atoms with van der Waals surface area (Å²) in [6, 6.07) is 0. The minimum atomic E-state index is -0.693. The number of hydrogen-bond donors (Lipinski definition) is 1. The summed E-state index contributed by atoms with van der Waals surface area (Å²) in [5, 5.41) is 8.45. The van der Waals surface area contributed by atoms with Crippen molar-refractivity contribution < 1.29 is 27.0 Å². The fourth-order valence-electron chi connectivity index (χ4n) is 1.85. The molecule has 0 saturated heterocycles. The van der Waals surface area contributed by atoms with E-state index >= 15 is 0 Å². The maximum Gasteiger partial charge on any atom is 0.313 e. The number of thioether (sulfide) groups is 1. The quantitative estimate of drug-likeness (QED) is 0.393. The Morgan fingerprint density at radius 3 is 1.78 bits per heavy atom. The molecular formula is C14H28CuO2S. The zero-order valence-electron chi connectivity index (χ0n) is 11.6. The molecule has 0 bridgehead atoms. The van der Waals surface area contributed by atoms with Crippen LogP contribution in [-0.2, 0) is 21.9 Å². The standard InChI is InChI=1S/C14H28O2S.Cu/c1-2-3-4-5-6-7-8-9-10-11-12-17-13-14(15)16;/h2-13H2,1H3,(H,15,16);. The number of aliphatic carboxylic acids is 1. The molecule has 18 heavy (non-hydrogen) atoms. The van der Waals surface area contributed by atoms with Crippen molar-refractivity contribution in [3.63, 3.8) is 0 Å². The molecule has 0 spiro atoms. The predicted octanol–water partition coefficient (Wildman–Crippen LogP) is 4.72. The summed E-state index contributed by atoms with van der Waals surface area (Å²) in [5.41, 5.74) is 0. The van der Waals surface area contributed by atoms with E-state index in [0.29, 0.717) is 0 Å². The van der Waals surface area contributed by atoms with Crippen LogP contribution < -0.4 is 0 Å². The van der Waals surface area contributed by atoms with Crippen LogP contribution in [0.4, 0.5) is 0 Å². The molecule has 0 heterocycles. The van der Waals surface area contributed by atoms with Crippen LogP contribution >= 0.6 is 11.8 Å². The molecule has 0 aliphatic carbocycles. The fraction of sp³-hybridized carbons (Fsp3) is 0.929. The van der Waals surface area contributed by atoms with Gasteiger partial charge in [0.15, 0.2) is 0 Å². The van der Waals surface area contributed by atoms with E-state index in [1.54, 1.807) is 0 Å². The van der Waals surface area contributed by atoms with Gasteiger partial charge in [-0.15, -0.1) is 0 Å². The van der Waals surface area contributed by atoms with Gasteiger partial charge in [-0.05, 0) is 12.2 Å². The summed E-state index contributed by atoms with van der Waals surface area (Å²) in [5.74, 6) is 0.572. The van der Waals surface area contributed by atoms with Gasteiger partial charge < -0.3 is 5.11 Å². The van der Waals surface area contributed by atoms with Crippen molar-refractivity contribution in [2.75, 3.05) is 11.5 Å². The Morgan fingerprint density at radius 1 is 0.889 bits per heavy atom. The number of hydrogen-bond acceptors (Lipinski definition) is 2. The molecule has 0 aromatic heterocycles. The zero-order chi connectivity index (χ0) is 12.8. The molecule has 2 nitrogen and oxygen atoms in total. The van der Waals surface area contributed by atoms with Crippen molar-refractivity contribution in [3.05, 3.63) is 0 Å². The van der Waals surface area contributed by atoms with Crippen LogP contribution in [0, 0.1) is 0 Å². The molecular weight excluding hydrogens is 296 g/mol. The Morgan fingerprint density at radius 2 is 1.33 bits per heavy atom. The van der Waals surface area contributed by atoms with Gasteiger partial charge in [0.2, 0.25) is 0 Å². The minimum absolute atomic E-state index is 0. The fourth-order valence-corrected chi connectivity index (χ4v) is 2.58. The topological polar surface area (TPSA) is 37.3 Å². The first-order valence-electron chi connectivity index (χ1n) is 7.07. The van der Waals surface area contributed by atoms with Crippen LogP contribution in [0.25, 0.3) is 0 Å². The van der Waals surface area contributed by atoms with Crippen LogP contribution in [0.1, 0.15) is 71.1 Å². The first-order valence-corrected chi connectivity index (χ1v) is 8.22. The summed E-state index contributed by atoms with van der Waals surface area (Å²) in [7, 11) is 0. The summed E-state index contributed by atoms with van der Waals surface area (Å²) in [6.45, 7) is 2.25. The van der Waals surface area contributed by atoms with Crippen LogP contribution in [0.5, 0.6) is 0 Å². The van der Waals surface area contributed by atoms with Crippen molar-refractivity contribution in [1.29, 1.82) is 0 Å². The second-order valence-electron chi connectivity index (χ2n) is 4.63.